The van der Waals surface area contributed by atoms with Crippen molar-refractivity contribution in [3.63, 3.8) is 0 Å². The van der Waals surface area contributed by atoms with Gasteiger partial charge in [-0.05, 0) is 13.2 Å². The highest BCUT2D eigenvalue weighted by atomic mass is 35.5. The predicted octanol–water partition coefficient (Wildman–Crippen LogP) is 2.17. The van der Waals surface area contributed by atoms with Crippen LogP contribution >= 0.6 is 23.4 Å². The predicted molar refractivity (Wildman–Crippen MR) is 76.8 cm³/mol. The van der Waals surface area contributed by atoms with E-state index >= 15 is 0 Å². The van der Waals surface area contributed by atoms with Gasteiger partial charge in [0.25, 0.3) is 5.91 Å². The Morgan fingerprint density at radius 2 is 2.37 bits per heavy atom. The lowest BCUT2D eigenvalue weighted by Gasteiger charge is -2.07. The fourth-order valence-corrected chi connectivity index (χ4v) is 1.69. The second kappa shape index (κ2) is 8.14. The van der Waals surface area contributed by atoms with E-state index in [1.165, 1.54) is 18.0 Å². The van der Waals surface area contributed by atoms with Crippen molar-refractivity contribution >= 4 is 29.3 Å². The minimum absolute atomic E-state index is 0.181. The molecule has 1 aromatic heterocycles. The van der Waals surface area contributed by atoms with Crippen molar-refractivity contribution < 1.29 is 9.53 Å². The lowest BCUT2D eigenvalue weighted by Crippen LogP contribution is -2.28. The van der Waals surface area contributed by atoms with E-state index in [2.05, 4.69) is 21.9 Å². The summed E-state index contributed by atoms with van der Waals surface area (Å²) in [6.45, 7) is 6.89. The highest BCUT2D eigenvalue weighted by molar-refractivity contribution is 7.98. The lowest BCUT2D eigenvalue weighted by molar-refractivity contribution is 0.0921. The van der Waals surface area contributed by atoms with Crippen LogP contribution in [-0.4, -0.2) is 41.9 Å². The third kappa shape index (κ3) is 5.59. The van der Waals surface area contributed by atoms with Gasteiger partial charge in [-0.25, -0.2) is 9.97 Å². The molecule has 0 bridgehead atoms. The summed E-state index contributed by atoms with van der Waals surface area (Å²) in [5.74, 6) is -0.332. The smallest absolute Gasteiger partial charge is 0.271 e. The second-order valence-corrected chi connectivity index (χ2v) is 5.00. The minimum atomic E-state index is -0.332. The van der Waals surface area contributed by atoms with E-state index in [1.807, 2.05) is 13.2 Å². The topological polar surface area (TPSA) is 64.1 Å². The molecule has 1 rings (SSSR count). The van der Waals surface area contributed by atoms with Crippen LogP contribution in [0.1, 0.15) is 17.4 Å². The molecule has 0 aliphatic carbocycles. The lowest BCUT2D eigenvalue weighted by atomic mass is 10.4. The molecule has 1 heterocycles. The van der Waals surface area contributed by atoms with Gasteiger partial charge in [0, 0.05) is 6.54 Å². The van der Waals surface area contributed by atoms with Gasteiger partial charge in [-0.3, -0.25) is 4.79 Å². The van der Waals surface area contributed by atoms with Gasteiger partial charge in [-0.15, -0.1) is 0 Å². The molecule has 0 aliphatic rings. The van der Waals surface area contributed by atoms with Crippen LogP contribution in [0.25, 0.3) is 0 Å². The summed E-state index contributed by atoms with van der Waals surface area (Å²) in [5.41, 5.74) is 1.12. The molecule has 0 aromatic carbocycles. The Kier molecular flexibility index (Phi) is 6.83. The quantitative estimate of drug-likeness (QED) is 0.362. The molecule has 0 saturated carbocycles. The molecule has 19 heavy (non-hydrogen) atoms. The maximum absolute atomic E-state index is 11.9. The zero-order chi connectivity index (χ0) is 14.3. The van der Waals surface area contributed by atoms with Crippen molar-refractivity contribution in [2.24, 2.45) is 0 Å². The molecule has 0 saturated heterocycles. The number of ether oxygens (including phenoxy) is 1. The molecule has 1 N–H and O–H groups in total. The molecular formula is C12H16ClN3O2S. The fraction of sp³-hybridized carbons (Fsp3) is 0.417. The number of hydrogen-bond acceptors (Lipinski definition) is 5. The van der Waals surface area contributed by atoms with Gasteiger partial charge >= 0.3 is 0 Å². The normalized spacial score (nSPS) is 10.3. The van der Waals surface area contributed by atoms with Crippen LogP contribution in [0.15, 0.2) is 23.5 Å². The zero-order valence-electron chi connectivity index (χ0n) is 10.9. The van der Waals surface area contributed by atoms with Crippen molar-refractivity contribution in [3.8, 4) is 0 Å². The van der Waals surface area contributed by atoms with Gasteiger partial charge in [-0.1, -0.05) is 35.5 Å². The standard InChI is InChI=1S/C12H16ClN3O2S/c1-8(2)7-18-5-4-14-11(17)10-9(13)6-15-12(16-10)19-3/h6H,1,4-5,7H2,2-3H3,(H,14,17). The second-order valence-electron chi connectivity index (χ2n) is 3.82. The number of carbonyl (C=O) groups is 1. The molecule has 0 aliphatic heterocycles. The van der Waals surface area contributed by atoms with Crippen molar-refractivity contribution in [2.45, 2.75) is 12.1 Å². The first-order valence-electron chi connectivity index (χ1n) is 5.61. The van der Waals surface area contributed by atoms with Gasteiger partial charge in [-0.2, -0.15) is 0 Å². The van der Waals surface area contributed by atoms with E-state index in [4.69, 9.17) is 16.3 Å². The van der Waals surface area contributed by atoms with Crippen molar-refractivity contribution in [1.82, 2.24) is 15.3 Å². The number of nitrogens with one attached hydrogen (secondary N) is 1. The van der Waals surface area contributed by atoms with E-state index in [-0.39, 0.29) is 16.6 Å². The molecular weight excluding hydrogens is 286 g/mol. The Balaban J connectivity index is 2.47. The summed E-state index contributed by atoms with van der Waals surface area (Å²) in [7, 11) is 0. The number of hydrogen-bond donors (Lipinski definition) is 1. The largest absolute Gasteiger partial charge is 0.375 e. The van der Waals surface area contributed by atoms with Crippen LogP contribution in [0, 0.1) is 0 Å². The van der Waals surface area contributed by atoms with E-state index < -0.39 is 0 Å². The monoisotopic (exact) mass is 301 g/mol. The minimum Gasteiger partial charge on any atom is -0.375 e. The SMILES string of the molecule is C=C(C)COCCNC(=O)c1nc(SC)ncc1Cl. The van der Waals surface area contributed by atoms with Crippen LogP contribution in [-0.2, 0) is 4.74 Å². The highest BCUT2D eigenvalue weighted by Gasteiger charge is 2.13. The molecule has 0 radical (unpaired) electrons. The Morgan fingerprint density at radius 3 is 3.00 bits per heavy atom. The molecule has 5 nitrogen and oxygen atoms in total. The summed E-state index contributed by atoms with van der Waals surface area (Å²) >= 11 is 7.24. The van der Waals surface area contributed by atoms with Gasteiger partial charge in [0.15, 0.2) is 10.9 Å². The zero-order valence-corrected chi connectivity index (χ0v) is 12.5. The summed E-state index contributed by atoms with van der Waals surface area (Å²) in [4.78, 5) is 19.9. The Hall–Kier alpha value is -1.11. The van der Waals surface area contributed by atoms with E-state index in [9.17, 15) is 4.79 Å². The number of nitrogens with zero attached hydrogens (tertiary/aromatic N) is 2. The molecule has 7 heteroatoms. The highest BCUT2D eigenvalue weighted by Crippen LogP contribution is 2.16. The van der Waals surface area contributed by atoms with E-state index in [1.54, 1.807) is 0 Å². The third-order valence-electron chi connectivity index (χ3n) is 2.00. The van der Waals surface area contributed by atoms with Crippen molar-refractivity contribution in [1.29, 1.82) is 0 Å². The fourth-order valence-electron chi connectivity index (χ4n) is 1.18. The van der Waals surface area contributed by atoms with Crippen LogP contribution in [0.4, 0.5) is 0 Å². The maximum Gasteiger partial charge on any atom is 0.271 e. The number of carbonyl (C=O) groups excluding carboxylic acids is 1. The Labute approximate surface area is 121 Å². The van der Waals surface area contributed by atoms with Crippen molar-refractivity contribution in [2.75, 3.05) is 26.0 Å². The van der Waals surface area contributed by atoms with Crippen LogP contribution in [0.2, 0.25) is 5.02 Å². The molecule has 0 unspecified atom stereocenters. The number of amides is 1. The van der Waals surface area contributed by atoms with Crippen LogP contribution in [0.5, 0.6) is 0 Å². The average molecular weight is 302 g/mol. The van der Waals surface area contributed by atoms with Crippen molar-refractivity contribution in [3.05, 3.63) is 29.1 Å². The number of thioether (sulfide) groups is 1. The molecule has 1 aromatic rings. The Bertz CT molecular complexity index is 468. The third-order valence-corrected chi connectivity index (χ3v) is 2.84. The first-order valence-corrected chi connectivity index (χ1v) is 7.21. The average Bonchev–Trinajstić information content (AvgIpc) is 2.38. The Morgan fingerprint density at radius 1 is 1.63 bits per heavy atom. The summed E-state index contributed by atoms with van der Waals surface area (Å²) < 4.78 is 5.27. The number of rotatable bonds is 7. The summed E-state index contributed by atoms with van der Waals surface area (Å²) in [6, 6.07) is 0. The summed E-state index contributed by atoms with van der Waals surface area (Å²) in [6.07, 6.45) is 3.25. The molecule has 0 atom stereocenters. The van der Waals surface area contributed by atoms with Crippen LogP contribution in [0.3, 0.4) is 0 Å². The van der Waals surface area contributed by atoms with E-state index in [0.717, 1.165) is 5.57 Å². The molecule has 0 fully saturated rings. The molecule has 1 amide bonds. The molecule has 0 spiro atoms. The van der Waals surface area contributed by atoms with Gasteiger partial charge in [0.1, 0.15) is 0 Å². The first kappa shape index (κ1) is 15.9. The van der Waals surface area contributed by atoms with E-state index in [0.29, 0.717) is 24.9 Å². The van der Waals surface area contributed by atoms with Crippen LogP contribution < -0.4 is 5.32 Å². The van der Waals surface area contributed by atoms with Gasteiger partial charge in [0.2, 0.25) is 0 Å². The maximum atomic E-state index is 11.9. The number of aromatic nitrogens is 2. The van der Waals surface area contributed by atoms with Gasteiger partial charge in [0.05, 0.1) is 24.4 Å². The van der Waals surface area contributed by atoms with Gasteiger partial charge < -0.3 is 10.1 Å². The number of halogens is 1. The first-order chi connectivity index (χ1) is 9.04. The summed E-state index contributed by atoms with van der Waals surface area (Å²) in [5, 5.41) is 3.43. The molecule has 104 valence electrons.